The summed E-state index contributed by atoms with van der Waals surface area (Å²) in [5, 5.41) is 15.3. The molecule has 0 aliphatic heterocycles. The van der Waals surface area contributed by atoms with Gasteiger partial charge in [-0.05, 0) is 27.7 Å². The summed E-state index contributed by atoms with van der Waals surface area (Å²) in [5.74, 6) is 0.751. The monoisotopic (exact) mass is 211 g/mol. The Morgan fingerprint density at radius 2 is 1.27 bits per heavy atom. The molecule has 84 valence electrons. The number of aromatic nitrogens is 3. The Morgan fingerprint density at radius 1 is 0.867 bits per heavy atom. The summed E-state index contributed by atoms with van der Waals surface area (Å²) in [6, 6.07) is 0.133. The molecule has 1 heterocycles. The lowest BCUT2D eigenvalue weighted by atomic mass is 10.4. The van der Waals surface area contributed by atoms with Gasteiger partial charge in [-0.25, -0.2) is 0 Å². The number of rotatable bonds is 4. The standard InChI is InChI=1S/C9H17N5O/c1-5(2)10-7-12-8(11-6(3)4)14-9(15)13-7/h5-6H,1-4H3,(H3,10,11,12,13,14,15). The second kappa shape index (κ2) is 4.77. The molecule has 1 aromatic heterocycles. The maximum atomic E-state index is 9.28. The van der Waals surface area contributed by atoms with Crippen LogP contribution in [-0.2, 0) is 0 Å². The van der Waals surface area contributed by atoms with Crippen LogP contribution in [0.3, 0.4) is 0 Å². The molecule has 0 fully saturated rings. The molecule has 0 atom stereocenters. The molecule has 0 aliphatic rings. The van der Waals surface area contributed by atoms with Crippen molar-refractivity contribution < 1.29 is 5.11 Å². The lowest BCUT2D eigenvalue weighted by Gasteiger charge is -2.11. The third-order valence-electron chi connectivity index (χ3n) is 1.46. The average molecular weight is 211 g/mol. The predicted molar refractivity (Wildman–Crippen MR) is 59.0 cm³/mol. The second-order valence-electron chi connectivity index (χ2n) is 3.88. The van der Waals surface area contributed by atoms with E-state index in [2.05, 4.69) is 25.6 Å². The molecule has 15 heavy (non-hydrogen) atoms. The van der Waals surface area contributed by atoms with Gasteiger partial charge in [0.1, 0.15) is 0 Å². The first kappa shape index (κ1) is 11.5. The molecule has 0 aliphatic carbocycles. The molecule has 0 spiro atoms. The molecule has 0 saturated heterocycles. The molecule has 6 heteroatoms. The molecular formula is C9H17N5O. The molecule has 0 aromatic carbocycles. The Balaban J connectivity index is 2.84. The summed E-state index contributed by atoms with van der Waals surface area (Å²) >= 11 is 0. The van der Waals surface area contributed by atoms with Crippen molar-refractivity contribution in [3.8, 4) is 6.01 Å². The minimum atomic E-state index is -0.281. The zero-order valence-corrected chi connectivity index (χ0v) is 9.44. The van der Waals surface area contributed by atoms with Crippen LogP contribution in [0.2, 0.25) is 0 Å². The first-order chi connectivity index (χ1) is 6.97. The van der Waals surface area contributed by atoms with Crippen LogP contribution in [0.1, 0.15) is 27.7 Å². The summed E-state index contributed by atoms with van der Waals surface area (Å²) in [6.07, 6.45) is 0. The molecule has 6 nitrogen and oxygen atoms in total. The molecule has 3 N–H and O–H groups in total. The van der Waals surface area contributed by atoms with E-state index in [1.54, 1.807) is 0 Å². The van der Waals surface area contributed by atoms with Crippen LogP contribution in [0.4, 0.5) is 11.9 Å². The number of nitrogens with zero attached hydrogens (tertiary/aromatic N) is 3. The number of nitrogens with one attached hydrogen (secondary N) is 2. The number of anilines is 2. The Kier molecular flexibility index (Phi) is 3.65. The summed E-state index contributed by atoms with van der Waals surface area (Å²) < 4.78 is 0. The smallest absolute Gasteiger partial charge is 0.320 e. The molecule has 0 saturated carbocycles. The van der Waals surface area contributed by atoms with Gasteiger partial charge in [0.2, 0.25) is 11.9 Å². The Hall–Kier alpha value is -1.59. The highest BCUT2D eigenvalue weighted by Gasteiger charge is 2.06. The van der Waals surface area contributed by atoms with E-state index in [1.165, 1.54) is 0 Å². The van der Waals surface area contributed by atoms with E-state index in [0.29, 0.717) is 11.9 Å². The van der Waals surface area contributed by atoms with Crippen molar-refractivity contribution >= 4 is 11.9 Å². The lowest BCUT2D eigenvalue weighted by molar-refractivity contribution is 0.429. The van der Waals surface area contributed by atoms with Gasteiger partial charge in [-0.1, -0.05) is 0 Å². The normalized spacial score (nSPS) is 10.8. The predicted octanol–water partition coefficient (Wildman–Crippen LogP) is 1.22. The van der Waals surface area contributed by atoms with Gasteiger partial charge < -0.3 is 15.7 Å². The van der Waals surface area contributed by atoms with Crippen LogP contribution < -0.4 is 10.6 Å². The Bertz CT molecular complexity index is 298. The van der Waals surface area contributed by atoms with E-state index in [-0.39, 0.29) is 18.1 Å². The van der Waals surface area contributed by atoms with Crippen molar-refractivity contribution in [2.45, 2.75) is 39.8 Å². The quantitative estimate of drug-likeness (QED) is 0.694. The molecule has 0 bridgehead atoms. The Morgan fingerprint density at radius 3 is 1.60 bits per heavy atom. The van der Waals surface area contributed by atoms with E-state index < -0.39 is 0 Å². The van der Waals surface area contributed by atoms with E-state index in [0.717, 1.165) is 0 Å². The average Bonchev–Trinajstić information content (AvgIpc) is 1.98. The molecule has 0 unspecified atom stereocenters. The maximum absolute atomic E-state index is 9.28. The van der Waals surface area contributed by atoms with Gasteiger partial charge >= 0.3 is 6.01 Å². The zero-order valence-electron chi connectivity index (χ0n) is 9.44. The number of hydrogen-bond acceptors (Lipinski definition) is 6. The van der Waals surface area contributed by atoms with Crippen molar-refractivity contribution in [2.24, 2.45) is 0 Å². The van der Waals surface area contributed by atoms with Gasteiger partial charge in [0, 0.05) is 12.1 Å². The fraction of sp³-hybridized carbons (Fsp3) is 0.667. The van der Waals surface area contributed by atoms with Crippen LogP contribution in [-0.4, -0.2) is 32.1 Å². The van der Waals surface area contributed by atoms with Gasteiger partial charge in [0.25, 0.3) is 0 Å². The minimum absolute atomic E-state index is 0.207. The number of aromatic hydroxyl groups is 1. The Labute approximate surface area is 89.2 Å². The molecule has 1 aromatic rings. The van der Waals surface area contributed by atoms with Crippen LogP contribution in [0.15, 0.2) is 0 Å². The van der Waals surface area contributed by atoms with E-state index >= 15 is 0 Å². The number of hydrogen-bond donors (Lipinski definition) is 3. The van der Waals surface area contributed by atoms with E-state index in [1.807, 2.05) is 27.7 Å². The summed E-state index contributed by atoms with van der Waals surface area (Å²) in [5.41, 5.74) is 0. The second-order valence-corrected chi connectivity index (χ2v) is 3.88. The van der Waals surface area contributed by atoms with Gasteiger partial charge in [-0.3, -0.25) is 0 Å². The van der Waals surface area contributed by atoms with Gasteiger partial charge in [0.15, 0.2) is 0 Å². The van der Waals surface area contributed by atoms with E-state index in [9.17, 15) is 5.11 Å². The molecule has 0 radical (unpaired) electrons. The third kappa shape index (κ3) is 3.97. The zero-order chi connectivity index (χ0) is 11.4. The van der Waals surface area contributed by atoms with Crippen molar-refractivity contribution in [1.82, 2.24) is 15.0 Å². The molecular weight excluding hydrogens is 194 g/mol. The highest BCUT2D eigenvalue weighted by molar-refractivity contribution is 5.36. The van der Waals surface area contributed by atoms with Crippen molar-refractivity contribution in [3.05, 3.63) is 0 Å². The highest BCUT2D eigenvalue weighted by atomic mass is 16.3. The molecule has 1 rings (SSSR count). The van der Waals surface area contributed by atoms with Crippen molar-refractivity contribution in [2.75, 3.05) is 10.6 Å². The van der Waals surface area contributed by atoms with Gasteiger partial charge in [-0.15, -0.1) is 0 Å². The minimum Gasteiger partial charge on any atom is -0.479 e. The fourth-order valence-electron chi connectivity index (χ4n) is 1.01. The topological polar surface area (TPSA) is 83.0 Å². The summed E-state index contributed by atoms with van der Waals surface area (Å²) in [6.45, 7) is 7.87. The largest absolute Gasteiger partial charge is 0.479 e. The van der Waals surface area contributed by atoms with Gasteiger partial charge in [0.05, 0.1) is 0 Å². The fourth-order valence-corrected chi connectivity index (χ4v) is 1.01. The summed E-state index contributed by atoms with van der Waals surface area (Å²) in [4.78, 5) is 11.6. The highest BCUT2D eigenvalue weighted by Crippen LogP contribution is 2.10. The third-order valence-corrected chi connectivity index (χ3v) is 1.46. The van der Waals surface area contributed by atoms with E-state index in [4.69, 9.17) is 0 Å². The van der Waals surface area contributed by atoms with Gasteiger partial charge in [-0.2, -0.15) is 15.0 Å². The van der Waals surface area contributed by atoms with Crippen LogP contribution in [0, 0.1) is 0 Å². The summed E-state index contributed by atoms with van der Waals surface area (Å²) in [7, 11) is 0. The van der Waals surface area contributed by atoms with Crippen LogP contribution in [0.5, 0.6) is 6.01 Å². The first-order valence-corrected chi connectivity index (χ1v) is 4.95. The first-order valence-electron chi connectivity index (χ1n) is 4.95. The molecule has 0 amide bonds. The maximum Gasteiger partial charge on any atom is 0.320 e. The van der Waals surface area contributed by atoms with Crippen molar-refractivity contribution in [1.29, 1.82) is 0 Å². The lowest BCUT2D eigenvalue weighted by Crippen LogP contribution is -2.16. The SMILES string of the molecule is CC(C)Nc1nc(O)nc(NC(C)C)n1. The van der Waals surface area contributed by atoms with Crippen molar-refractivity contribution in [3.63, 3.8) is 0 Å². The van der Waals surface area contributed by atoms with Crippen LogP contribution in [0.25, 0.3) is 0 Å². The van der Waals surface area contributed by atoms with Crippen LogP contribution >= 0.6 is 0 Å².